The van der Waals surface area contributed by atoms with Crippen LogP contribution in [-0.2, 0) is 9.53 Å². The van der Waals surface area contributed by atoms with Gasteiger partial charge in [0.15, 0.2) is 0 Å². The Bertz CT molecular complexity index is 805. The van der Waals surface area contributed by atoms with Crippen LogP contribution in [0.25, 0.3) is 0 Å². The highest BCUT2D eigenvalue weighted by Crippen LogP contribution is 2.43. The molecule has 3 heterocycles. The van der Waals surface area contributed by atoms with Gasteiger partial charge in [-0.15, -0.1) is 0 Å². The number of likely N-dealkylation sites (tertiary alicyclic amines) is 1. The largest absolute Gasteiger partial charge is 0.447 e. The average Bonchev–Trinajstić information content (AvgIpc) is 3.33. The summed E-state index contributed by atoms with van der Waals surface area (Å²) in [7, 11) is 0. The van der Waals surface area contributed by atoms with Gasteiger partial charge in [0.1, 0.15) is 6.61 Å². The lowest BCUT2D eigenvalue weighted by molar-refractivity contribution is -0.139. The first kappa shape index (κ1) is 19.7. The lowest BCUT2D eigenvalue weighted by Crippen LogP contribution is -2.50. The molecule has 2 amide bonds. The van der Waals surface area contributed by atoms with Gasteiger partial charge in [-0.1, -0.05) is 0 Å². The lowest BCUT2D eigenvalue weighted by atomic mass is 9.78. The summed E-state index contributed by atoms with van der Waals surface area (Å²) in [6, 6.07) is 8.35. The van der Waals surface area contributed by atoms with Gasteiger partial charge >= 0.3 is 6.09 Å². The van der Waals surface area contributed by atoms with Gasteiger partial charge < -0.3 is 19.6 Å². The van der Waals surface area contributed by atoms with Crippen LogP contribution < -0.4 is 9.80 Å². The van der Waals surface area contributed by atoms with Crippen molar-refractivity contribution in [2.24, 2.45) is 5.41 Å². The van der Waals surface area contributed by atoms with Crippen molar-refractivity contribution in [3.05, 3.63) is 24.3 Å². The molecule has 5 rings (SSSR count). The van der Waals surface area contributed by atoms with Gasteiger partial charge in [0.2, 0.25) is 5.91 Å². The number of hydrogen-bond donors (Lipinski definition) is 1. The topological polar surface area (TPSA) is 73.3 Å². The normalized spacial score (nSPS) is 32.2. The Morgan fingerprint density at radius 3 is 2.37 bits per heavy atom. The Hall–Kier alpha value is -2.28. The molecule has 3 saturated heterocycles. The number of aliphatic hydroxyl groups is 1. The van der Waals surface area contributed by atoms with Crippen molar-refractivity contribution in [3.63, 3.8) is 0 Å². The summed E-state index contributed by atoms with van der Waals surface area (Å²) in [5.74, 6) is 0.324. The van der Waals surface area contributed by atoms with E-state index < -0.39 is 0 Å². The van der Waals surface area contributed by atoms with E-state index in [1.165, 1.54) is 0 Å². The van der Waals surface area contributed by atoms with Crippen LogP contribution in [0, 0.1) is 5.41 Å². The van der Waals surface area contributed by atoms with Crippen LogP contribution in [0.5, 0.6) is 0 Å². The standard InChI is InChI=1S/C23H31N3O4/c27-20-8-6-18(7-9-20)25-13-11-23(21(25)28)10-1-12-24(16-23)17-2-4-19(5-3-17)26-14-15-30-22(26)29/h2-5,18,20,27H,1,6-16H2/t18-,20-,23?. The molecule has 1 aromatic rings. The molecule has 1 aliphatic carbocycles. The van der Waals surface area contributed by atoms with Gasteiger partial charge in [-0.3, -0.25) is 9.69 Å². The quantitative estimate of drug-likeness (QED) is 0.825. The number of nitrogens with zero attached hydrogens (tertiary/aromatic N) is 3. The summed E-state index contributed by atoms with van der Waals surface area (Å²) < 4.78 is 5.03. The van der Waals surface area contributed by atoms with E-state index in [-0.39, 0.29) is 17.6 Å². The molecular formula is C23H31N3O4. The van der Waals surface area contributed by atoms with Gasteiger partial charge in [0.25, 0.3) is 0 Å². The first-order valence-electron chi connectivity index (χ1n) is 11.3. The zero-order valence-corrected chi connectivity index (χ0v) is 17.5. The van der Waals surface area contributed by atoms with E-state index in [4.69, 9.17) is 4.74 Å². The second-order valence-corrected chi connectivity index (χ2v) is 9.30. The van der Waals surface area contributed by atoms with E-state index in [1.807, 2.05) is 12.1 Å². The Morgan fingerprint density at radius 2 is 1.67 bits per heavy atom. The van der Waals surface area contributed by atoms with E-state index in [0.29, 0.717) is 25.1 Å². The molecule has 30 heavy (non-hydrogen) atoms. The second-order valence-electron chi connectivity index (χ2n) is 9.30. The van der Waals surface area contributed by atoms with E-state index in [1.54, 1.807) is 4.90 Å². The van der Waals surface area contributed by atoms with Gasteiger partial charge in [0.05, 0.1) is 18.1 Å². The number of anilines is 2. The molecule has 1 aromatic carbocycles. The number of cyclic esters (lactones) is 1. The Morgan fingerprint density at radius 1 is 0.933 bits per heavy atom. The van der Waals surface area contributed by atoms with Gasteiger partial charge in [-0.2, -0.15) is 0 Å². The Labute approximate surface area is 177 Å². The number of hydrogen-bond acceptors (Lipinski definition) is 5. The smallest absolute Gasteiger partial charge is 0.414 e. The van der Waals surface area contributed by atoms with E-state index in [9.17, 15) is 14.7 Å². The molecule has 1 spiro atoms. The number of carbonyl (C=O) groups excluding carboxylic acids is 2. The monoisotopic (exact) mass is 413 g/mol. The Kier molecular flexibility index (Phi) is 5.09. The molecule has 4 aliphatic rings. The van der Waals surface area contributed by atoms with Crippen LogP contribution in [0.4, 0.5) is 16.2 Å². The summed E-state index contributed by atoms with van der Waals surface area (Å²) in [4.78, 5) is 31.4. The number of aliphatic hydroxyl groups excluding tert-OH is 1. The third-order valence-electron chi connectivity index (χ3n) is 7.52. The summed E-state index contributed by atoms with van der Waals surface area (Å²) in [5, 5.41) is 9.80. The highest BCUT2D eigenvalue weighted by atomic mass is 16.6. The van der Waals surface area contributed by atoms with Crippen molar-refractivity contribution in [1.82, 2.24) is 4.90 Å². The number of ether oxygens (including phenoxy) is 1. The maximum absolute atomic E-state index is 13.5. The molecule has 0 radical (unpaired) electrons. The molecule has 7 heteroatoms. The molecule has 1 unspecified atom stereocenters. The molecule has 0 aromatic heterocycles. The van der Waals surface area contributed by atoms with Gasteiger partial charge in [0, 0.05) is 37.1 Å². The van der Waals surface area contributed by atoms with E-state index in [2.05, 4.69) is 21.9 Å². The number of amides is 2. The lowest BCUT2D eigenvalue weighted by Gasteiger charge is -2.41. The number of benzene rings is 1. The van der Waals surface area contributed by atoms with Crippen LogP contribution in [0.15, 0.2) is 24.3 Å². The molecule has 3 aliphatic heterocycles. The first-order valence-corrected chi connectivity index (χ1v) is 11.3. The minimum absolute atomic E-state index is 0.191. The van der Waals surface area contributed by atoms with Crippen LogP contribution >= 0.6 is 0 Å². The fraction of sp³-hybridized carbons (Fsp3) is 0.652. The Balaban J connectivity index is 1.28. The SMILES string of the molecule is O=C1OCCN1c1ccc(N2CCCC3(CCN([C@H]4CC[C@H](O)CC4)C3=O)C2)cc1. The van der Waals surface area contributed by atoms with E-state index >= 15 is 0 Å². The third-order valence-corrected chi connectivity index (χ3v) is 7.52. The summed E-state index contributed by atoms with van der Waals surface area (Å²) in [5.41, 5.74) is 1.69. The minimum Gasteiger partial charge on any atom is -0.447 e. The maximum atomic E-state index is 13.5. The van der Waals surface area contributed by atoms with Crippen molar-refractivity contribution in [2.75, 3.05) is 42.6 Å². The zero-order chi connectivity index (χ0) is 20.7. The maximum Gasteiger partial charge on any atom is 0.414 e. The zero-order valence-electron chi connectivity index (χ0n) is 17.5. The second kappa shape index (κ2) is 7.76. The summed E-state index contributed by atoms with van der Waals surface area (Å²) >= 11 is 0. The number of piperidine rings is 1. The van der Waals surface area contributed by atoms with Gasteiger partial charge in [-0.25, -0.2) is 4.79 Å². The van der Waals surface area contributed by atoms with Crippen molar-refractivity contribution in [1.29, 1.82) is 0 Å². The number of rotatable bonds is 3. The summed E-state index contributed by atoms with van der Waals surface area (Å²) in [6.45, 7) is 3.60. The molecule has 7 nitrogen and oxygen atoms in total. The van der Waals surface area contributed by atoms with Gasteiger partial charge in [-0.05, 0) is 69.2 Å². The van der Waals surface area contributed by atoms with Crippen molar-refractivity contribution in [3.8, 4) is 0 Å². The predicted molar refractivity (Wildman–Crippen MR) is 114 cm³/mol. The highest BCUT2D eigenvalue weighted by molar-refractivity contribution is 5.89. The fourth-order valence-corrected chi connectivity index (χ4v) is 5.77. The van der Waals surface area contributed by atoms with Crippen LogP contribution in [0.2, 0.25) is 0 Å². The molecular weight excluding hydrogens is 382 g/mol. The fourth-order valence-electron chi connectivity index (χ4n) is 5.77. The molecule has 1 saturated carbocycles. The molecule has 1 N–H and O–H groups in total. The third kappa shape index (κ3) is 3.43. The number of carbonyl (C=O) groups is 2. The van der Waals surface area contributed by atoms with Crippen molar-refractivity contribution >= 4 is 23.4 Å². The summed E-state index contributed by atoms with van der Waals surface area (Å²) in [6.07, 6.45) is 5.90. The first-order chi connectivity index (χ1) is 14.6. The van der Waals surface area contributed by atoms with Crippen molar-refractivity contribution < 1.29 is 19.4 Å². The highest BCUT2D eigenvalue weighted by Gasteiger charge is 2.50. The minimum atomic E-state index is -0.286. The van der Waals surface area contributed by atoms with E-state index in [0.717, 1.165) is 76.0 Å². The van der Waals surface area contributed by atoms with Crippen LogP contribution in [-0.4, -0.2) is 66.9 Å². The van der Waals surface area contributed by atoms with Crippen LogP contribution in [0.1, 0.15) is 44.9 Å². The molecule has 0 bridgehead atoms. The average molecular weight is 414 g/mol. The molecule has 1 atom stereocenters. The van der Waals surface area contributed by atoms with Crippen molar-refractivity contribution in [2.45, 2.75) is 57.1 Å². The molecule has 4 fully saturated rings. The van der Waals surface area contributed by atoms with Crippen LogP contribution in [0.3, 0.4) is 0 Å². The predicted octanol–water partition coefficient (Wildman–Crippen LogP) is 2.77. The molecule has 162 valence electrons.